The molecule has 2 unspecified atom stereocenters. The van der Waals surface area contributed by atoms with Crippen LogP contribution in [-0.4, -0.2) is 42.3 Å². The summed E-state index contributed by atoms with van der Waals surface area (Å²) in [7, 11) is 1.62. The number of benzene rings is 2. The van der Waals surface area contributed by atoms with E-state index in [1.165, 1.54) is 5.56 Å². The number of nitrogens with zero attached hydrogens (tertiary/aromatic N) is 1. The van der Waals surface area contributed by atoms with Gasteiger partial charge in [-0.2, -0.15) is 0 Å². The number of hydrogen-bond acceptors (Lipinski definition) is 4. The third-order valence-electron chi connectivity index (χ3n) is 5.11. The maximum absolute atomic E-state index is 11.8. The summed E-state index contributed by atoms with van der Waals surface area (Å²) in [6.07, 6.45) is 1.56. The highest BCUT2D eigenvalue weighted by atomic mass is 16.5. The van der Waals surface area contributed by atoms with E-state index in [4.69, 9.17) is 9.47 Å². The number of aliphatic carboxylic acids is 1. The van der Waals surface area contributed by atoms with Crippen LogP contribution in [0, 0.1) is 6.92 Å². The molecule has 0 aliphatic carbocycles. The maximum Gasteiger partial charge on any atom is 0.320 e. The predicted octanol–water partition coefficient (Wildman–Crippen LogP) is 4.04. The molecule has 0 amide bonds. The summed E-state index contributed by atoms with van der Waals surface area (Å²) in [4.78, 5) is 13.9. The third-order valence-corrected chi connectivity index (χ3v) is 5.11. The van der Waals surface area contributed by atoms with Gasteiger partial charge in [-0.3, -0.25) is 9.69 Å². The fourth-order valence-corrected chi connectivity index (χ4v) is 3.82. The molecule has 3 rings (SSSR count). The Hall–Kier alpha value is -2.53. The first kappa shape index (κ1) is 19.2. The quantitative estimate of drug-likeness (QED) is 0.798. The molecule has 2 aromatic rings. The Labute approximate surface area is 160 Å². The van der Waals surface area contributed by atoms with Crippen molar-refractivity contribution in [2.45, 2.75) is 38.8 Å². The third kappa shape index (κ3) is 4.08. The number of methoxy groups -OCH3 is 1. The van der Waals surface area contributed by atoms with Crippen LogP contribution < -0.4 is 9.47 Å². The average Bonchev–Trinajstić information content (AvgIpc) is 3.14. The highest BCUT2D eigenvalue weighted by molar-refractivity contribution is 5.74. The van der Waals surface area contributed by atoms with Crippen LogP contribution in [0.1, 0.15) is 42.5 Å². The summed E-state index contributed by atoms with van der Waals surface area (Å²) in [5.74, 6) is 0.600. The van der Waals surface area contributed by atoms with Crippen LogP contribution in [0.15, 0.2) is 42.5 Å². The van der Waals surface area contributed by atoms with Crippen molar-refractivity contribution in [2.24, 2.45) is 0 Å². The van der Waals surface area contributed by atoms with Crippen molar-refractivity contribution in [1.82, 2.24) is 4.90 Å². The molecule has 2 aromatic carbocycles. The van der Waals surface area contributed by atoms with Gasteiger partial charge >= 0.3 is 5.97 Å². The molecule has 1 aliphatic heterocycles. The number of carboxylic acid groups (broad SMARTS) is 1. The first-order valence-electron chi connectivity index (χ1n) is 9.41. The summed E-state index contributed by atoms with van der Waals surface area (Å²) >= 11 is 0. The minimum Gasteiger partial charge on any atom is -0.493 e. The summed E-state index contributed by atoms with van der Waals surface area (Å²) in [5.41, 5.74) is 3.27. The van der Waals surface area contributed by atoms with E-state index in [9.17, 15) is 9.90 Å². The fraction of sp³-hybridized carbons (Fsp3) is 0.409. The minimum absolute atomic E-state index is 0.140. The van der Waals surface area contributed by atoms with E-state index in [1.807, 2.05) is 25.1 Å². The maximum atomic E-state index is 11.8. The van der Waals surface area contributed by atoms with E-state index in [2.05, 4.69) is 36.1 Å². The van der Waals surface area contributed by atoms with Gasteiger partial charge in [-0.05, 0) is 49.9 Å². The lowest BCUT2D eigenvalue weighted by molar-refractivity contribution is -0.142. The molecular formula is C22H27NO4. The van der Waals surface area contributed by atoms with Gasteiger partial charge in [0.2, 0.25) is 0 Å². The first-order chi connectivity index (χ1) is 13.0. The van der Waals surface area contributed by atoms with Gasteiger partial charge in [0, 0.05) is 6.54 Å². The Morgan fingerprint density at radius 2 is 1.89 bits per heavy atom. The van der Waals surface area contributed by atoms with Gasteiger partial charge < -0.3 is 14.6 Å². The first-order valence-corrected chi connectivity index (χ1v) is 9.41. The fourth-order valence-electron chi connectivity index (χ4n) is 3.82. The van der Waals surface area contributed by atoms with Gasteiger partial charge in [0.15, 0.2) is 11.5 Å². The average molecular weight is 369 g/mol. The zero-order chi connectivity index (χ0) is 19.4. The summed E-state index contributed by atoms with van der Waals surface area (Å²) in [6.45, 7) is 5.28. The zero-order valence-electron chi connectivity index (χ0n) is 16.1. The lowest BCUT2D eigenvalue weighted by Crippen LogP contribution is -2.39. The summed E-state index contributed by atoms with van der Waals surface area (Å²) in [6, 6.07) is 13.6. The largest absolute Gasteiger partial charge is 0.493 e. The molecule has 1 N–H and O–H groups in total. The van der Waals surface area contributed by atoms with Crippen LogP contribution >= 0.6 is 0 Å². The number of aryl methyl sites for hydroxylation is 1. The molecule has 0 saturated carbocycles. The zero-order valence-corrected chi connectivity index (χ0v) is 16.1. The van der Waals surface area contributed by atoms with Crippen molar-refractivity contribution >= 4 is 5.97 Å². The van der Waals surface area contributed by atoms with Crippen LogP contribution in [0.4, 0.5) is 0 Å². The molecule has 27 heavy (non-hydrogen) atoms. The van der Waals surface area contributed by atoms with Gasteiger partial charge in [0.05, 0.1) is 19.8 Å². The van der Waals surface area contributed by atoms with Crippen molar-refractivity contribution in [3.8, 4) is 11.5 Å². The van der Waals surface area contributed by atoms with Crippen LogP contribution in [0.5, 0.6) is 11.5 Å². The topological polar surface area (TPSA) is 59.0 Å². The number of ether oxygens (including phenoxy) is 2. The molecule has 5 heteroatoms. The van der Waals surface area contributed by atoms with E-state index in [-0.39, 0.29) is 6.04 Å². The smallest absolute Gasteiger partial charge is 0.320 e. The molecule has 0 radical (unpaired) electrons. The highest BCUT2D eigenvalue weighted by Gasteiger charge is 2.37. The second-order valence-corrected chi connectivity index (χ2v) is 6.89. The molecule has 1 aliphatic rings. The van der Waals surface area contributed by atoms with Crippen molar-refractivity contribution < 1.29 is 19.4 Å². The number of carbonyl (C=O) groups is 1. The Bertz CT molecular complexity index is 787. The summed E-state index contributed by atoms with van der Waals surface area (Å²) < 4.78 is 11.2. The van der Waals surface area contributed by atoms with Crippen LogP contribution in [0.2, 0.25) is 0 Å². The van der Waals surface area contributed by atoms with Gasteiger partial charge in [0.25, 0.3) is 0 Å². The lowest BCUT2D eigenvalue weighted by Gasteiger charge is -2.32. The SMILES string of the molecule is CCOc1cc(C(c2ccc(C)cc2)N2CCCC2C(=O)O)ccc1OC. The van der Waals surface area contributed by atoms with E-state index < -0.39 is 12.0 Å². The minimum atomic E-state index is -0.761. The van der Waals surface area contributed by atoms with Gasteiger partial charge in [-0.15, -0.1) is 0 Å². The van der Waals surface area contributed by atoms with Crippen molar-refractivity contribution in [1.29, 1.82) is 0 Å². The Morgan fingerprint density at radius 1 is 1.19 bits per heavy atom. The number of likely N-dealkylation sites (tertiary alicyclic amines) is 1. The number of hydrogen-bond donors (Lipinski definition) is 1. The van der Waals surface area contributed by atoms with Crippen molar-refractivity contribution in [3.05, 3.63) is 59.2 Å². The number of carboxylic acids is 1. The van der Waals surface area contributed by atoms with E-state index in [0.29, 0.717) is 24.5 Å². The molecule has 0 aromatic heterocycles. The predicted molar refractivity (Wildman–Crippen MR) is 105 cm³/mol. The van der Waals surface area contributed by atoms with E-state index >= 15 is 0 Å². The van der Waals surface area contributed by atoms with Crippen molar-refractivity contribution in [2.75, 3.05) is 20.3 Å². The Morgan fingerprint density at radius 3 is 2.52 bits per heavy atom. The van der Waals surface area contributed by atoms with Crippen molar-refractivity contribution in [3.63, 3.8) is 0 Å². The highest BCUT2D eigenvalue weighted by Crippen LogP contribution is 2.38. The van der Waals surface area contributed by atoms with Crippen LogP contribution in [0.3, 0.4) is 0 Å². The Balaban J connectivity index is 2.08. The summed E-state index contributed by atoms with van der Waals surface area (Å²) in [5, 5.41) is 9.71. The molecule has 2 atom stereocenters. The molecule has 144 valence electrons. The molecule has 1 heterocycles. The second kappa shape index (κ2) is 8.44. The molecular weight excluding hydrogens is 342 g/mol. The lowest BCUT2D eigenvalue weighted by atomic mass is 9.95. The second-order valence-electron chi connectivity index (χ2n) is 6.89. The van der Waals surface area contributed by atoms with E-state index in [1.54, 1.807) is 7.11 Å². The molecule has 0 bridgehead atoms. The van der Waals surface area contributed by atoms with Crippen LogP contribution in [-0.2, 0) is 4.79 Å². The molecule has 1 fully saturated rings. The standard InChI is InChI=1S/C22H27NO4/c1-4-27-20-14-17(11-12-19(20)26-3)21(16-9-7-15(2)8-10-16)23-13-5-6-18(23)22(24)25/h7-12,14,18,21H,4-6,13H2,1-3H3,(H,24,25). The van der Waals surface area contributed by atoms with Gasteiger partial charge in [0.1, 0.15) is 6.04 Å². The molecule has 0 spiro atoms. The molecule has 1 saturated heterocycles. The Kier molecular flexibility index (Phi) is 6.01. The van der Waals surface area contributed by atoms with E-state index in [0.717, 1.165) is 24.1 Å². The normalized spacial score (nSPS) is 18.3. The van der Waals surface area contributed by atoms with Gasteiger partial charge in [-0.25, -0.2) is 0 Å². The van der Waals surface area contributed by atoms with Gasteiger partial charge in [-0.1, -0.05) is 35.9 Å². The van der Waals surface area contributed by atoms with Crippen LogP contribution in [0.25, 0.3) is 0 Å². The molecule has 5 nitrogen and oxygen atoms in total. The number of rotatable bonds is 7. The monoisotopic (exact) mass is 369 g/mol.